The molecule has 1 fully saturated rings. The van der Waals surface area contributed by atoms with Gasteiger partial charge in [-0.25, -0.2) is 9.97 Å². The molecule has 0 aliphatic carbocycles. The summed E-state index contributed by atoms with van der Waals surface area (Å²) in [4.78, 5) is 9.17. The van der Waals surface area contributed by atoms with Crippen molar-refractivity contribution in [3.8, 4) is 0 Å². The topological polar surface area (TPSA) is 52.0 Å². The average molecular weight is 320 g/mol. The number of nitrogens with zero attached hydrogens (tertiary/aromatic N) is 3. The van der Waals surface area contributed by atoms with Gasteiger partial charge in [-0.2, -0.15) is 0 Å². The standard InChI is InChI=1S/C16H24N4OS/c1-16(2,3)15-19-11(10-22-15)9-18-12-5-8-21-13(12)14-17-6-7-20(14)4/h6-7,10,12-13,18H,5,8-9H2,1-4H3/t12-,13-/m0/s1. The van der Waals surface area contributed by atoms with E-state index in [1.807, 2.05) is 24.0 Å². The van der Waals surface area contributed by atoms with Gasteiger partial charge in [0, 0.05) is 49.4 Å². The van der Waals surface area contributed by atoms with E-state index >= 15 is 0 Å². The fourth-order valence-corrected chi connectivity index (χ4v) is 3.58. The van der Waals surface area contributed by atoms with Gasteiger partial charge in [0.15, 0.2) is 0 Å². The monoisotopic (exact) mass is 320 g/mol. The van der Waals surface area contributed by atoms with E-state index in [4.69, 9.17) is 9.72 Å². The second kappa shape index (κ2) is 6.10. The first-order valence-electron chi connectivity index (χ1n) is 7.72. The summed E-state index contributed by atoms with van der Waals surface area (Å²) in [6.45, 7) is 8.15. The molecule has 1 aliphatic heterocycles. The van der Waals surface area contributed by atoms with Crippen LogP contribution in [0.4, 0.5) is 0 Å². The zero-order valence-electron chi connectivity index (χ0n) is 13.7. The number of imidazole rings is 1. The van der Waals surface area contributed by atoms with Crippen LogP contribution in [-0.2, 0) is 23.7 Å². The van der Waals surface area contributed by atoms with Gasteiger partial charge in [-0.3, -0.25) is 0 Å². The minimum absolute atomic E-state index is 0.0284. The van der Waals surface area contributed by atoms with Gasteiger partial charge in [-0.05, 0) is 6.42 Å². The molecule has 0 aromatic carbocycles. The molecule has 0 amide bonds. The van der Waals surface area contributed by atoms with Crippen LogP contribution in [0.25, 0.3) is 0 Å². The van der Waals surface area contributed by atoms with Crippen molar-refractivity contribution in [3.05, 3.63) is 34.3 Å². The normalized spacial score (nSPS) is 22.4. The summed E-state index contributed by atoms with van der Waals surface area (Å²) in [6, 6.07) is 0.292. The molecule has 2 atom stereocenters. The average Bonchev–Trinajstić information content (AvgIpc) is 3.14. The Hall–Kier alpha value is -1.24. The van der Waals surface area contributed by atoms with E-state index in [-0.39, 0.29) is 11.5 Å². The quantitative estimate of drug-likeness (QED) is 0.941. The first-order valence-corrected chi connectivity index (χ1v) is 8.60. The molecule has 5 nitrogen and oxygen atoms in total. The summed E-state index contributed by atoms with van der Waals surface area (Å²) >= 11 is 1.74. The number of hydrogen-bond donors (Lipinski definition) is 1. The lowest BCUT2D eigenvalue weighted by atomic mass is 9.98. The number of aryl methyl sites for hydroxylation is 1. The highest BCUT2D eigenvalue weighted by atomic mass is 32.1. The molecule has 1 aliphatic rings. The van der Waals surface area contributed by atoms with Crippen molar-refractivity contribution < 1.29 is 4.74 Å². The van der Waals surface area contributed by atoms with Crippen molar-refractivity contribution in [2.24, 2.45) is 7.05 Å². The van der Waals surface area contributed by atoms with Crippen LogP contribution < -0.4 is 5.32 Å². The van der Waals surface area contributed by atoms with E-state index in [9.17, 15) is 0 Å². The van der Waals surface area contributed by atoms with E-state index in [2.05, 4.69) is 36.5 Å². The van der Waals surface area contributed by atoms with Gasteiger partial charge in [0.25, 0.3) is 0 Å². The van der Waals surface area contributed by atoms with Crippen LogP contribution in [0.2, 0.25) is 0 Å². The molecule has 3 rings (SSSR count). The fraction of sp³-hybridized carbons (Fsp3) is 0.625. The van der Waals surface area contributed by atoms with Gasteiger partial charge in [-0.1, -0.05) is 20.8 Å². The van der Waals surface area contributed by atoms with E-state index < -0.39 is 0 Å². The third-order valence-electron chi connectivity index (χ3n) is 3.94. The van der Waals surface area contributed by atoms with Gasteiger partial charge in [-0.15, -0.1) is 11.3 Å². The minimum atomic E-state index is 0.0284. The Morgan fingerprint density at radius 1 is 1.45 bits per heavy atom. The summed E-state index contributed by atoms with van der Waals surface area (Å²) in [5.74, 6) is 0.989. The Labute approximate surface area is 135 Å². The number of ether oxygens (including phenoxy) is 1. The van der Waals surface area contributed by atoms with E-state index in [0.717, 1.165) is 31.1 Å². The highest BCUT2D eigenvalue weighted by molar-refractivity contribution is 7.09. The van der Waals surface area contributed by atoms with Crippen molar-refractivity contribution in [1.29, 1.82) is 0 Å². The molecule has 0 radical (unpaired) electrons. The molecule has 2 aromatic rings. The lowest BCUT2D eigenvalue weighted by molar-refractivity contribution is 0.0892. The summed E-state index contributed by atoms with van der Waals surface area (Å²) in [5.41, 5.74) is 1.23. The van der Waals surface area contributed by atoms with Crippen LogP contribution >= 0.6 is 11.3 Å². The van der Waals surface area contributed by atoms with Gasteiger partial charge in [0.05, 0.1) is 10.7 Å². The maximum Gasteiger partial charge on any atom is 0.139 e. The maximum atomic E-state index is 5.88. The summed E-state index contributed by atoms with van der Waals surface area (Å²) in [7, 11) is 2.01. The first-order chi connectivity index (χ1) is 10.4. The van der Waals surface area contributed by atoms with Crippen molar-refractivity contribution in [3.63, 3.8) is 0 Å². The molecule has 0 saturated carbocycles. The van der Waals surface area contributed by atoms with E-state index in [1.54, 1.807) is 11.3 Å². The van der Waals surface area contributed by atoms with Gasteiger partial charge < -0.3 is 14.6 Å². The predicted molar refractivity (Wildman–Crippen MR) is 88.0 cm³/mol. The van der Waals surface area contributed by atoms with Crippen LogP contribution in [0.3, 0.4) is 0 Å². The molecular formula is C16H24N4OS. The molecular weight excluding hydrogens is 296 g/mol. The first kappa shape index (κ1) is 15.6. The molecule has 1 N–H and O–H groups in total. The zero-order chi connectivity index (χ0) is 15.7. The lowest BCUT2D eigenvalue weighted by Crippen LogP contribution is -2.32. The molecule has 6 heteroatoms. The third kappa shape index (κ3) is 3.24. The molecule has 0 unspecified atom stereocenters. The molecule has 22 heavy (non-hydrogen) atoms. The highest BCUT2D eigenvalue weighted by Gasteiger charge is 2.32. The Bertz CT molecular complexity index is 628. The van der Waals surface area contributed by atoms with Crippen molar-refractivity contribution in [2.75, 3.05) is 6.61 Å². The second-order valence-electron chi connectivity index (χ2n) is 6.86. The minimum Gasteiger partial charge on any atom is -0.369 e. The predicted octanol–water partition coefficient (Wildman–Crippen LogP) is 2.79. The van der Waals surface area contributed by atoms with Gasteiger partial charge >= 0.3 is 0 Å². The zero-order valence-corrected chi connectivity index (χ0v) is 14.5. The van der Waals surface area contributed by atoms with Crippen LogP contribution in [0.15, 0.2) is 17.8 Å². The van der Waals surface area contributed by atoms with E-state index in [1.165, 1.54) is 5.01 Å². The van der Waals surface area contributed by atoms with Crippen LogP contribution in [0.1, 0.15) is 49.8 Å². The number of thiazole rings is 1. The fourth-order valence-electron chi connectivity index (χ4n) is 2.67. The van der Waals surface area contributed by atoms with Crippen molar-refractivity contribution in [1.82, 2.24) is 19.9 Å². The Kier molecular flexibility index (Phi) is 4.34. The molecule has 0 spiro atoms. The summed E-state index contributed by atoms with van der Waals surface area (Å²) < 4.78 is 7.91. The van der Waals surface area contributed by atoms with E-state index in [0.29, 0.717) is 6.04 Å². The largest absolute Gasteiger partial charge is 0.369 e. The molecule has 3 heterocycles. The Morgan fingerprint density at radius 3 is 2.91 bits per heavy atom. The highest BCUT2D eigenvalue weighted by Crippen LogP contribution is 2.29. The Balaban J connectivity index is 1.63. The number of aromatic nitrogens is 3. The summed E-state index contributed by atoms with van der Waals surface area (Å²) in [5, 5.41) is 6.93. The lowest BCUT2D eigenvalue weighted by Gasteiger charge is -2.19. The van der Waals surface area contributed by atoms with Gasteiger partial charge in [0.2, 0.25) is 0 Å². The van der Waals surface area contributed by atoms with Crippen LogP contribution in [0.5, 0.6) is 0 Å². The number of rotatable bonds is 4. The van der Waals surface area contributed by atoms with Crippen LogP contribution in [0, 0.1) is 0 Å². The number of nitrogens with one attached hydrogen (secondary N) is 1. The maximum absolute atomic E-state index is 5.88. The molecule has 1 saturated heterocycles. The SMILES string of the molecule is Cn1ccnc1[C@H]1OCC[C@@H]1NCc1csc(C(C)(C)C)n1. The second-order valence-corrected chi connectivity index (χ2v) is 7.72. The smallest absolute Gasteiger partial charge is 0.139 e. The van der Waals surface area contributed by atoms with Crippen LogP contribution in [-0.4, -0.2) is 27.2 Å². The number of hydrogen-bond acceptors (Lipinski definition) is 5. The molecule has 2 aromatic heterocycles. The molecule has 0 bridgehead atoms. The summed E-state index contributed by atoms with van der Waals surface area (Å²) in [6.07, 6.45) is 4.82. The third-order valence-corrected chi connectivity index (χ3v) is 5.26. The Morgan fingerprint density at radius 2 is 2.27 bits per heavy atom. The molecule has 120 valence electrons. The van der Waals surface area contributed by atoms with Crippen molar-refractivity contribution in [2.45, 2.75) is 51.3 Å². The van der Waals surface area contributed by atoms with Crippen molar-refractivity contribution >= 4 is 11.3 Å². The van der Waals surface area contributed by atoms with Gasteiger partial charge in [0.1, 0.15) is 11.9 Å².